The molecule has 0 radical (unpaired) electrons. The van der Waals surface area contributed by atoms with Crippen LogP contribution in [-0.2, 0) is 18.4 Å². The summed E-state index contributed by atoms with van der Waals surface area (Å²) in [7, 11) is 1.77. The van der Waals surface area contributed by atoms with Crippen LogP contribution in [0.2, 0.25) is 0 Å². The Hall–Kier alpha value is -3.02. The van der Waals surface area contributed by atoms with Crippen LogP contribution >= 0.6 is 0 Å². The molecule has 0 spiro atoms. The molecule has 2 heterocycles. The highest BCUT2D eigenvalue weighted by Crippen LogP contribution is 2.24. The van der Waals surface area contributed by atoms with Gasteiger partial charge in [-0.15, -0.1) is 0 Å². The second-order valence-corrected chi connectivity index (χ2v) is 7.82. The van der Waals surface area contributed by atoms with E-state index >= 15 is 0 Å². The number of anilines is 1. The highest BCUT2D eigenvalue weighted by atomic mass is 16.2. The Kier molecular flexibility index (Phi) is 5.18. The number of carbonyl (C=O) groups is 1. The molecule has 1 aliphatic heterocycles. The molecule has 3 aromatic rings. The lowest BCUT2D eigenvalue weighted by Gasteiger charge is -2.37. The van der Waals surface area contributed by atoms with Gasteiger partial charge in [0.25, 0.3) is 0 Å². The smallest absolute Gasteiger partial charge is 0.328 e. The Morgan fingerprint density at radius 3 is 2.34 bits per heavy atom. The summed E-state index contributed by atoms with van der Waals surface area (Å²) in [5, 5.41) is 0. The van der Waals surface area contributed by atoms with Gasteiger partial charge < -0.3 is 9.80 Å². The van der Waals surface area contributed by atoms with Gasteiger partial charge in [0.15, 0.2) is 0 Å². The number of para-hydroxylation sites is 2. The lowest BCUT2D eigenvalue weighted by molar-refractivity contribution is -0.131. The molecule has 1 aliphatic rings. The summed E-state index contributed by atoms with van der Waals surface area (Å²) in [5.41, 5.74) is 5.57. The van der Waals surface area contributed by atoms with E-state index in [-0.39, 0.29) is 11.6 Å². The van der Waals surface area contributed by atoms with Gasteiger partial charge in [-0.05, 0) is 43.2 Å². The molecule has 0 saturated carbocycles. The number of aromatic nitrogens is 2. The Morgan fingerprint density at radius 1 is 0.931 bits per heavy atom. The quantitative estimate of drug-likeness (QED) is 0.686. The van der Waals surface area contributed by atoms with Crippen LogP contribution in [0.15, 0.2) is 47.3 Å². The number of nitrogens with zero attached hydrogens (tertiary/aromatic N) is 4. The van der Waals surface area contributed by atoms with E-state index in [0.29, 0.717) is 13.0 Å². The Morgan fingerprint density at radius 2 is 1.62 bits per heavy atom. The molecule has 6 nitrogen and oxygen atoms in total. The van der Waals surface area contributed by atoms with Gasteiger partial charge in [-0.3, -0.25) is 13.9 Å². The number of aryl methyl sites for hydroxylation is 3. The molecule has 0 aliphatic carbocycles. The average molecular weight is 393 g/mol. The molecule has 1 amide bonds. The van der Waals surface area contributed by atoms with Crippen molar-refractivity contribution in [3.05, 3.63) is 64.1 Å². The van der Waals surface area contributed by atoms with Crippen LogP contribution in [0, 0.1) is 13.8 Å². The van der Waals surface area contributed by atoms with E-state index in [2.05, 4.69) is 36.9 Å². The summed E-state index contributed by atoms with van der Waals surface area (Å²) in [5.74, 6) is 0.116. The number of imidazole rings is 1. The molecule has 152 valence electrons. The predicted octanol–water partition coefficient (Wildman–Crippen LogP) is 2.70. The standard InChI is InChI=1S/C23H28N4O2/c1-17-7-6-10-19(18(17)2)25-13-15-26(16-14-25)22(28)11-12-27-21-9-5-4-8-20(21)24(3)23(27)29/h4-10H,11-16H2,1-3H3. The van der Waals surface area contributed by atoms with Gasteiger partial charge in [-0.1, -0.05) is 24.3 Å². The van der Waals surface area contributed by atoms with Gasteiger partial charge in [0.1, 0.15) is 0 Å². The molecule has 2 aromatic carbocycles. The first kappa shape index (κ1) is 19.3. The van der Waals surface area contributed by atoms with E-state index in [0.717, 1.165) is 37.2 Å². The second kappa shape index (κ2) is 7.78. The highest BCUT2D eigenvalue weighted by molar-refractivity contribution is 5.78. The Balaban J connectivity index is 1.39. The minimum Gasteiger partial charge on any atom is -0.368 e. The van der Waals surface area contributed by atoms with Gasteiger partial charge in [-0.2, -0.15) is 0 Å². The van der Waals surface area contributed by atoms with Crippen molar-refractivity contribution in [1.82, 2.24) is 14.0 Å². The first-order chi connectivity index (χ1) is 14.0. The van der Waals surface area contributed by atoms with Crippen LogP contribution in [0.4, 0.5) is 5.69 Å². The zero-order valence-electron chi connectivity index (χ0n) is 17.4. The van der Waals surface area contributed by atoms with Crippen molar-refractivity contribution in [2.24, 2.45) is 7.05 Å². The monoisotopic (exact) mass is 392 g/mol. The number of hydrogen-bond donors (Lipinski definition) is 0. The van der Waals surface area contributed by atoms with Crippen molar-refractivity contribution in [3.63, 3.8) is 0 Å². The summed E-state index contributed by atoms with van der Waals surface area (Å²) >= 11 is 0. The number of fused-ring (bicyclic) bond motifs is 1. The van der Waals surface area contributed by atoms with Crippen molar-refractivity contribution in [2.45, 2.75) is 26.8 Å². The van der Waals surface area contributed by atoms with E-state index in [1.165, 1.54) is 16.8 Å². The van der Waals surface area contributed by atoms with Crippen LogP contribution in [0.25, 0.3) is 11.0 Å². The molecule has 29 heavy (non-hydrogen) atoms. The normalized spacial score (nSPS) is 14.6. The molecular weight excluding hydrogens is 364 g/mol. The second-order valence-electron chi connectivity index (χ2n) is 7.82. The van der Waals surface area contributed by atoms with E-state index in [9.17, 15) is 9.59 Å². The Bertz CT molecular complexity index is 1100. The van der Waals surface area contributed by atoms with E-state index in [1.807, 2.05) is 29.2 Å². The minimum absolute atomic E-state index is 0.0706. The van der Waals surface area contributed by atoms with Crippen LogP contribution < -0.4 is 10.6 Å². The maximum absolute atomic E-state index is 12.8. The molecule has 4 rings (SSSR count). The van der Waals surface area contributed by atoms with Crippen LogP contribution in [-0.4, -0.2) is 46.1 Å². The van der Waals surface area contributed by atoms with Gasteiger partial charge in [0, 0.05) is 51.9 Å². The molecule has 1 aromatic heterocycles. The summed E-state index contributed by atoms with van der Waals surface area (Å²) < 4.78 is 3.35. The average Bonchev–Trinajstić information content (AvgIpc) is 2.99. The van der Waals surface area contributed by atoms with Crippen molar-refractivity contribution in [1.29, 1.82) is 0 Å². The van der Waals surface area contributed by atoms with Crippen LogP contribution in [0.3, 0.4) is 0 Å². The number of amides is 1. The topological polar surface area (TPSA) is 50.5 Å². The molecule has 0 bridgehead atoms. The maximum atomic E-state index is 12.8. The molecule has 1 fully saturated rings. The molecule has 1 saturated heterocycles. The van der Waals surface area contributed by atoms with E-state index in [4.69, 9.17) is 0 Å². The van der Waals surface area contributed by atoms with Gasteiger partial charge >= 0.3 is 5.69 Å². The maximum Gasteiger partial charge on any atom is 0.328 e. The van der Waals surface area contributed by atoms with E-state index < -0.39 is 0 Å². The molecule has 6 heteroatoms. The third kappa shape index (κ3) is 3.55. The fourth-order valence-electron chi connectivity index (χ4n) is 4.22. The summed E-state index contributed by atoms with van der Waals surface area (Å²) in [6, 6.07) is 14.1. The van der Waals surface area contributed by atoms with Crippen molar-refractivity contribution in [2.75, 3.05) is 31.1 Å². The van der Waals surface area contributed by atoms with Gasteiger partial charge in [-0.25, -0.2) is 4.79 Å². The van der Waals surface area contributed by atoms with Crippen molar-refractivity contribution >= 4 is 22.6 Å². The number of rotatable bonds is 4. The molecular formula is C23H28N4O2. The van der Waals surface area contributed by atoms with Gasteiger partial charge in [0.2, 0.25) is 5.91 Å². The molecule has 0 N–H and O–H groups in total. The summed E-state index contributed by atoms with van der Waals surface area (Å²) in [6.45, 7) is 7.82. The number of carbonyl (C=O) groups excluding carboxylic acids is 1. The minimum atomic E-state index is -0.0706. The van der Waals surface area contributed by atoms with Crippen LogP contribution in [0.1, 0.15) is 17.5 Å². The predicted molar refractivity (Wildman–Crippen MR) is 117 cm³/mol. The number of benzene rings is 2. The first-order valence-electron chi connectivity index (χ1n) is 10.2. The largest absolute Gasteiger partial charge is 0.368 e. The van der Waals surface area contributed by atoms with Crippen molar-refractivity contribution < 1.29 is 4.79 Å². The van der Waals surface area contributed by atoms with E-state index in [1.54, 1.807) is 16.2 Å². The first-order valence-corrected chi connectivity index (χ1v) is 10.2. The number of piperazine rings is 1. The molecule has 0 atom stereocenters. The van der Waals surface area contributed by atoms with Crippen LogP contribution in [0.5, 0.6) is 0 Å². The SMILES string of the molecule is Cc1cccc(N2CCN(C(=O)CCn3c(=O)n(C)c4ccccc43)CC2)c1C. The van der Waals surface area contributed by atoms with Crippen molar-refractivity contribution in [3.8, 4) is 0 Å². The zero-order chi connectivity index (χ0) is 20.5. The fourth-order valence-corrected chi connectivity index (χ4v) is 4.22. The summed E-state index contributed by atoms with van der Waals surface area (Å²) in [4.78, 5) is 29.6. The molecule has 0 unspecified atom stereocenters. The lowest BCUT2D eigenvalue weighted by atomic mass is 10.1. The Labute approximate surface area is 171 Å². The third-order valence-corrected chi connectivity index (χ3v) is 6.15. The zero-order valence-corrected chi connectivity index (χ0v) is 17.4. The fraction of sp³-hybridized carbons (Fsp3) is 0.391. The highest BCUT2D eigenvalue weighted by Gasteiger charge is 2.22. The third-order valence-electron chi connectivity index (χ3n) is 6.15. The number of hydrogen-bond acceptors (Lipinski definition) is 3. The summed E-state index contributed by atoms with van der Waals surface area (Å²) in [6.07, 6.45) is 0.345. The lowest BCUT2D eigenvalue weighted by Crippen LogP contribution is -2.49. The van der Waals surface area contributed by atoms with Gasteiger partial charge in [0.05, 0.1) is 11.0 Å².